The Hall–Kier alpha value is -3.52. The number of nitrogens with zero attached hydrogens (tertiary/aromatic N) is 5. The van der Waals surface area contributed by atoms with Gasteiger partial charge in [0.05, 0.1) is 38.7 Å². The van der Waals surface area contributed by atoms with Gasteiger partial charge in [0.25, 0.3) is 5.69 Å². The van der Waals surface area contributed by atoms with Crippen molar-refractivity contribution in [2.75, 3.05) is 5.32 Å². The van der Waals surface area contributed by atoms with Gasteiger partial charge in [-0.15, -0.1) is 0 Å². The third-order valence-electron chi connectivity index (χ3n) is 4.37. The summed E-state index contributed by atoms with van der Waals surface area (Å²) in [5, 5.41) is 18.9. The lowest BCUT2D eigenvalue weighted by Crippen LogP contribution is -2.01. The highest BCUT2D eigenvalue weighted by atomic mass is 35.5. The molecule has 0 saturated carbocycles. The van der Waals surface area contributed by atoms with Crippen molar-refractivity contribution in [2.24, 2.45) is 0 Å². The number of fused-ring (bicyclic) bond motifs is 1. The summed E-state index contributed by atoms with van der Waals surface area (Å²) < 4.78 is 1.71. The number of para-hydroxylation sites is 2. The zero-order chi connectivity index (χ0) is 19.8. The molecule has 0 aliphatic rings. The van der Waals surface area contributed by atoms with Crippen LogP contribution in [0.15, 0.2) is 48.5 Å². The predicted octanol–water partition coefficient (Wildman–Crippen LogP) is 4.74. The summed E-state index contributed by atoms with van der Waals surface area (Å²) in [5.74, 6) is 0.440. The van der Waals surface area contributed by atoms with E-state index < -0.39 is 4.92 Å². The summed E-state index contributed by atoms with van der Waals surface area (Å²) in [5.41, 5.74) is 4.50. The Morgan fingerprint density at radius 3 is 2.32 bits per heavy atom. The molecule has 9 heteroatoms. The summed E-state index contributed by atoms with van der Waals surface area (Å²) in [6.45, 7) is 3.76. The van der Waals surface area contributed by atoms with Gasteiger partial charge in [0.1, 0.15) is 0 Å². The van der Waals surface area contributed by atoms with E-state index in [4.69, 9.17) is 11.6 Å². The number of nitrogens with one attached hydrogen (secondary N) is 1. The highest BCUT2D eigenvalue weighted by Gasteiger charge is 2.16. The van der Waals surface area contributed by atoms with Crippen molar-refractivity contribution in [2.45, 2.75) is 13.8 Å². The summed E-state index contributed by atoms with van der Waals surface area (Å²) in [6, 6.07) is 13.7. The van der Waals surface area contributed by atoms with Gasteiger partial charge in [0.2, 0.25) is 0 Å². The van der Waals surface area contributed by atoms with Crippen LogP contribution in [0.1, 0.15) is 11.4 Å². The second-order valence-corrected chi connectivity index (χ2v) is 6.57. The second-order valence-electron chi connectivity index (χ2n) is 6.21. The number of anilines is 2. The summed E-state index contributed by atoms with van der Waals surface area (Å²) >= 11 is 6.30. The topological polar surface area (TPSA) is 98.8 Å². The van der Waals surface area contributed by atoms with Gasteiger partial charge in [-0.25, -0.2) is 14.6 Å². The number of aryl methyl sites for hydroxylation is 1. The van der Waals surface area contributed by atoms with Gasteiger partial charge in [-0.2, -0.15) is 5.10 Å². The first-order valence-electron chi connectivity index (χ1n) is 8.44. The number of hydrogen-bond donors (Lipinski definition) is 1. The van der Waals surface area contributed by atoms with Crippen LogP contribution in [0.4, 0.5) is 17.2 Å². The fraction of sp³-hybridized carbons (Fsp3) is 0.105. The Balaban J connectivity index is 1.72. The molecule has 28 heavy (non-hydrogen) atoms. The normalized spacial score (nSPS) is 11.0. The van der Waals surface area contributed by atoms with E-state index >= 15 is 0 Å². The molecule has 0 saturated heterocycles. The predicted molar refractivity (Wildman–Crippen MR) is 108 cm³/mol. The molecule has 2 aromatic carbocycles. The van der Waals surface area contributed by atoms with E-state index in [1.165, 1.54) is 12.1 Å². The average Bonchev–Trinajstić information content (AvgIpc) is 2.96. The highest BCUT2D eigenvalue weighted by molar-refractivity contribution is 6.32. The van der Waals surface area contributed by atoms with Crippen molar-refractivity contribution in [1.29, 1.82) is 0 Å². The third kappa shape index (κ3) is 3.14. The zero-order valence-electron chi connectivity index (χ0n) is 15.0. The number of nitro benzene ring substituents is 1. The lowest BCUT2D eigenvalue weighted by Gasteiger charge is -2.09. The van der Waals surface area contributed by atoms with Crippen LogP contribution in [0.5, 0.6) is 0 Å². The third-order valence-corrected chi connectivity index (χ3v) is 4.63. The summed E-state index contributed by atoms with van der Waals surface area (Å²) in [6.07, 6.45) is 0. The lowest BCUT2D eigenvalue weighted by molar-refractivity contribution is -0.384. The average molecular weight is 395 g/mol. The Morgan fingerprint density at radius 2 is 1.68 bits per heavy atom. The number of aromatic nitrogens is 4. The van der Waals surface area contributed by atoms with Gasteiger partial charge in [0, 0.05) is 12.1 Å². The number of nitro groups is 1. The van der Waals surface area contributed by atoms with Crippen LogP contribution >= 0.6 is 11.6 Å². The minimum atomic E-state index is -0.432. The minimum absolute atomic E-state index is 0.0295. The van der Waals surface area contributed by atoms with E-state index in [0.29, 0.717) is 11.3 Å². The van der Waals surface area contributed by atoms with Gasteiger partial charge >= 0.3 is 0 Å². The van der Waals surface area contributed by atoms with Crippen molar-refractivity contribution in [3.8, 4) is 5.69 Å². The van der Waals surface area contributed by atoms with Gasteiger partial charge < -0.3 is 5.32 Å². The molecular weight excluding hydrogens is 380 g/mol. The molecule has 0 spiro atoms. The first kappa shape index (κ1) is 17.9. The van der Waals surface area contributed by atoms with E-state index in [1.54, 1.807) is 16.8 Å². The number of benzene rings is 2. The number of hydrogen-bond acceptors (Lipinski definition) is 6. The Bertz CT molecular complexity index is 1200. The minimum Gasteiger partial charge on any atom is -0.335 e. The summed E-state index contributed by atoms with van der Waals surface area (Å²) in [7, 11) is 0. The Labute approximate surface area is 165 Å². The maximum atomic E-state index is 10.8. The molecule has 0 atom stereocenters. The maximum Gasteiger partial charge on any atom is 0.269 e. The van der Waals surface area contributed by atoms with Crippen LogP contribution in [-0.2, 0) is 0 Å². The zero-order valence-corrected chi connectivity index (χ0v) is 15.8. The van der Waals surface area contributed by atoms with Crippen molar-refractivity contribution >= 4 is 39.8 Å². The molecule has 0 aliphatic heterocycles. The van der Waals surface area contributed by atoms with Crippen molar-refractivity contribution in [1.82, 2.24) is 19.7 Å². The SMILES string of the molecule is Cc1nn(-c2ccc([N+](=O)[O-])cc2)c(C)c1Nc1nc2ccccc2nc1Cl. The Kier molecular flexibility index (Phi) is 4.40. The van der Waals surface area contributed by atoms with Crippen LogP contribution in [0, 0.1) is 24.0 Å². The van der Waals surface area contributed by atoms with Gasteiger partial charge in [-0.3, -0.25) is 10.1 Å². The molecule has 1 N–H and O–H groups in total. The molecule has 140 valence electrons. The molecule has 0 radical (unpaired) electrons. The smallest absolute Gasteiger partial charge is 0.269 e. The fourth-order valence-corrected chi connectivity index (χ4v) is 3.15. The molecular formula is C19H15ClN6O2. The fourth-order valence-electron chi connectivity index (χ4n) is 2.97. The molecule has 4 rings (SSSR count). The molecule has 0 bridgehead atoms. The molecule has 0 fully saturated rings. The van der Waals surface area contributed by atoms with Crippen molar-refractivity contribution in [3.05, 3.63) is 75.2 Å². The van der Waals surface area contributed by atoms with E-state index in [9.17, 15) is 10.1 Å². The van der Waals surface area contributed by atoms with Crippen molar-refractivity contribution < 1.29 is 4.92 Å². The van der Waals surface area contributed by atoms with E-state index in [-0.39, 0.29) is 10.8 Å². The molecule has 0 aliphatic carbocycles. The van der Waals surface area contributed by atoms with E-state index in [2.05, 4.69) is 20.4 Å². The van der Waals surface area contributed by atoms with Gasteiger partial charge in [-0.05, 0) is 38.1 Å². The van der Waals surface area contributed by atoms with E-state index in [1.807, 2.05) is 38.1 Å². The van der Waals surface area contributed by atoms with Gasteiger partial charge in [0.15, 0.2) is 11.0 Å². The second kappa shape index (κ2) is 6.90. The summed E-state index contributed by atoms with van der Waals surface area (Å²) in [4.78, 5) is 19.3. The molecule has 4 aromatic rings. The molecule has 2 heterocycles. The standard InChI is InChI=1S/C19H15ClN6O2/c1-11-17(23-19-18(20)21-15-5-3-4-6-16(15)22-19)12(2)25(24-11)13-7-9-14(10-8-13)26(27)28/h3-10H,1-2H3,(H,22,23). The monoisotopic (exact) mass is 394 g/mol. The van der Waals surface area contributed by atoms with Crippen LogP contribution in [-0.4, -0.2) is 24.7 Å². The first-order valence-corrected chi connectivity index (χ1v) is 8.82. The molecule has 8 nitrogen and oxygen atoms in total. The quantitative estimate of drug-likeness (QED) is 0.396. The molecule has 2 aromatic heterocycles. The van der Waals surface area contributed by atoms with Crippen LogP contribution < -0.4 is 5.32 Å². The van der Waals surface area contributed by atoms with Crippen molar-refractivity contribution in [3.63, 3.8) is 0 Å². The van der Waals surface area contributed by atoms with E-state index in [0.717, 1.165) is 28.3 Å². The van der Waals surface area contributed by atoms with Crippen LogP contribution in [0.2, 0.25) is 5.15 Å². The molecule has 0 unspecified atom stereocenters. The lowest BCUT2D eigenvalue weighted by atomic mass is 10.2. The number of non-ortho nitro benzene ring substituents is 1. The largest absolute Gasteiger partial charge is 0.335 e. The first-order chi connectivity index (χ1) is 13.4. The Morgan fingerprint density at radius 1 is 1.04 bits per heavy atom. The van der Waals surface area contributed by atoms with Crippen LogP contribution in [0.3, 0.4) is 0 Å². The molecule has 0 amide bonds. The number of rotatable bonds is 4. The van der Waals surface area contributed by atoms with Gasteiger partial charge in [-0.1, -0.05) is 23.7 Å². The van der Waals surface area contributed by atoms with Crippen LogP contribution in [0.25, 0.3) is 16.7 Å². The maximum absolute atomic E-state index is 10.8. The highest BCUT2D eigenvalue weighted by Crippen LogP contribution is 2.29. The number of halogens is 1.